The van der Waals surface area contributed by atoms with Crippen LogP contribution < -0.4 is 10.2 Å². The first-order valence-corrected chi connectivity index (χ1v) is 8.26. The zero-order valence-corrected chi connectivity index (χ0v) is 14.8. The molecule has 1 N–H and O–H groups in total. The van der Waals surface area contributed by atoms with E-state index in [2.05, 4.69) is 77.2 Å². The Labute approximate surface area is 132 Å². The Morgan fingerprint density at radius 1 is 1.15 bits per heavy atom. The molecule has 3 nitrogen and oxygen atoms in total. The minimum atomic E-state index is 0.933. The van der Waals surface area contributed by atoms with Crippen molar-refractivity contribution in [3.63, 3.8) is 0 Å². The van der Waals surface area contributed by atoms with Crippen LogP contribution in [0.1, 0.15) is 25.8 Å². The van der Waals surface area contributed by atoms with E-state index in [1.54, 1.807) is 0 Å². The molecule has 0 saturated carbocycles. The molecule has 0 heterocycles. The molecule has 1 aromatic rings. The standard InChI is InChI=1S/C16H28BrN3/c1-5-18-13-14-8-9-16(15(17)12-14)20(6-2)11-7-10-19(3)4/h8-9,12,18H,5-7,10-11,13H2,1-4H3. The van der Waals surface area contributed by atoms with Gasteiger partial charge < -0.3 is 15.1 Å². The fraction of sp³-hybridized carbons (Fsp3) is 0.625. The first-order chi connectivity index (χ1) is 9.58. The molecule has 0 atom stereocenters. The van der Waals surface area contributed by atoms with E-state index >= 15 is 0 Å². The van der Waals surface area contributed by atoms with Gasteiger partial charge in [-0.2, -0.15) is 0 Å². The van der Waals surface area contributed by atoms with Crippen LogP contribution in [0, 0.1) is 0 Å². The number of hydrogen-bond donors (Lipinski definition) is 1. The first kappa shape index (κ1) is 17.5. The second-order valence-electron chi connectivity index (χ2n) is 5.30. The Kier molecular flexibility index (Phi) is 8.19. The molecular weight excluding hydrogens is 314 g/mol. The third kappa shape index (κ3) is 5.81. The normalized spacial score (nSPS) is 11.1. The number of rotatable bonds is 9. The molecule has 0 spiro atoms. The van der Waals surface area contributed by atoms with Crippen LogP contribution in [0.25, 0.3) is 0 Å². The highest BCUT2D eigenvalue weighted by Crippen LogP contribution is 2.27. The number of nitrogens with one attached hydrogen (secondary N) is 1. The Balaban J connectivity index is 2.67. The topological polar surface area (TPSA) is 18.5 Å². The van der Waals surface area contributed by atoms with E-state index in [9.17, 15) is 0 Å². The van der Waals surface area contributed by atoms with Gasteiger partial charge in [-0.05, 0) is 74.2 Å². The first-order valence-electron chi connectivity index (χ1n) is 7.47. The van der Waals surface area contributed by atoms with Gasteiger partial charge in [0.25, 0.3) is 0 Å². The van der Waals surface area contributed by atoms with Crippen LogP contribution in [0.4, 0.5) is 5.69 Å². The van der Waals surface area contributed by atoms with Crippen LogP contribution in [0.2, 0.25) is 0 Å². The quantitative estimate of drug-likeness (QED) is 0.743. The smallest absolute Gasteiger partial charge is 0.0510 e. The third-order valence-corrected chi connectivity index (χ3v) is 3.98. The fourth-order valence-corrected chi connectivity index (χ4v) is 2.89. The van der Waals surface area contributed by atoms with E-state index in [1.807, 2.05) is 0 Å². The maximum Gasteiger partial charge on any atom is 0.0510 e. The summed E-state index contributed by atoms with van der Waals surface area (Å²) >= 11 is 3.72. The summed E-state index contributed by atoms with van der Waals surface area (Å²) in [4.78, 5) is 4.67. The second-order valence-corrected chi connectivity index (χ2v) is 6.16. The van der Waals surface area contributed by atoms with E-state index in [1.165, 1.54) is 22.1 Å². The van der Waals surface area contributed by atoms with Gasteiger partial charge in [0.15, 0.2) is 0 Å². The summed E-state index contributed by atoms with van der Waals surface area (Å²) in [5.74, 6) is 0. The minimum Gasteiger partial charge on any atom is -0.371 e. The average Bonchev–Trinajstić information content (AvgIpc) is 2.42. The van der Waals surface area contributed by atoms with Crippen LogP contribution in [0.5, 0.6) is 0 Å². The largest absolute Gasteiger partial charge is 0.371 e. The Morgan fingerprint density at radius 2 is 1.90 bits per heavy atom. The predicted octanol–water partition coefficient (Wildman–Crippen LogP) is 3.34. The van der Waals surface area contributed by atoms with Crippen molar-refractivity contribution >= 4 is 21.6 Å². The number of hydrogen-bond acceptors (Lipinski definition) is 3. The molecule has 0 amide bonds. The second kappa shape index (κ2) is 9.37. The maximum absolute atomic E-state index is 3.72. The monoisotopic (exact) mass is 341 g/mol. The average molecular weight is 342 g/mol. The molecule has 0 fully saturated rings. The number of anilines is 1. The van der Waals surface area contributed by atoms with Crippen molar-refractivity contribution in [1.82, 2.24) is 10.2 Å². The number of halogens is 1. The number of benzene rings is 1. The van der Waals surface area contributed by atoms with Gasteiger partial charge in [-0.3, -0.25) is 0 Å². The summed E-state index contributed by atoms with van der Waals surface area (Å²) in [5.41, 5.74) is 2.62. The van der Waals surface area contributed by atoms with E-state index in [-0.39, 0.29) is 0 Å². The highest BCUT2D eigenvalue weighted by Gasteiger charge is 2.09. The van der Waals surface area contributed by atoms with Crippen molar-refractivity contribution in [2.24, 2.45) is 0 Å². The highest BCUT2D eigenvalue weighted by molar-refractivity contribution is 9.10. The Morgan fingerprint density at radius 3 is 2.45 bits per heavy atom. The van der Waals surface area contributed by atoms with E-state index < -0.39 is 0 Å². The molecule has 0 aliphatic rings. The van der Waals surface area contributed by atoms with Crippen LogP contribution >= 0.6 is 15.9 Å². The molecule has 1 aromatic carbocycles. The third-order valence-electron chi connectivity index (χ3n) is 3.35. The van der Waals surface area contributed by atoms with Crippen LogP contribution in [0.15, 0.2) is 22.7 Å². The lowest BCUT2D eigenvalue weighted by atomic mass is 10.2. The lowest BCUT2D eigenvalue weighted by Crippen LogP contribution is -2.27. The van der Waals surface area contributed by atoms with Gasteiger partial charge in [0, 0.05) is 24.1 Å². The summed E-state index contributed by atoms with van der Waals surface area (Å²) in [7, 11) is 4.25. The van der Waals surface area contributed by atoms with Gasteiger partial charge in [-0.1, -0.05) is 13.0 Å². The minimum absolute atomic E-state index is 0.933. The number of nitrogens with zero attached hydrogens (tertiary/aromatic N) is 2. The highest BCUT2D eigenvalue weighted by atomic mass is 79.9. The van der Waals surface area contributed by atoms with Crippen molar-refractivity contribution in [1.29, 1.82) is 0 Å². The lowest BCUT2D eigenvalue weighted by Gasteiger charge is -2.25. The summed E-state index contributed by atoms with van der Waals surface area (Å²) < 4.78 is 1.19. The van der Waals surface area contributed by atoms with E-state index in [4.69, 9.17) is 0 Å². The molecule has 0 aliphatic carbocycles. The summed E-state index contributed by atoms with van der Waals surface area (Å²) in [5, 5.41) is 3.36. The molecule has 4 heteroatoms. The van der Waals surface area contributed by atoms with Gasteiger partial charge >= 0.3 is 0 Å². The Hall–Kier alpha value is -0.580. The van der Waals surface area contributed by atoms with Crippen LogP contribution in [0.3, 0.4) is 0 Å². The lowest BCUT2D eigenvalue weighted by molar-refractivity contribution is 0.400. The molecule has 1 rings (SSSR count). The van der Waals surface area contributed by atoms with Crippen molar-refractivity contribution in [2.45, 2.75) is 26.8 Å². The molecule has 0 bridgehead atoms. The molecule has 0 unspecified atom stereocenters. The molecule has 20 heavy (non-hydrogen) atoms. The molecule has 0 radical (unpaired) electrons. The summed E-state index contributed by atoms with van der Waals surface area (Å²) in [6.45, 7) is 9.56. The van der Waals surface area contributed by atoms with Crippen LogP contribution in [-0.4, -0.2) is 45.2 Å². The molecule has 0 saturated heterocycles. The predicted molar refractivity (Wildman–Crippen MR) is 92.6 cm³/mol. The van der Waals surface area contributed by atoms with Gasteiger partial charge in [0.1, 0.15) is 0 Å². The SMILES string of the molecule is CCNCc1ccc(N(CC)CCCN(C)C)c(Br)c1. The molecule has 0 aliphatic heterocycles. The zero-order valence-electron chi connectivity index (χ0n) is 13.2. The van der Waals surface area contributed by atoms with Gasteiger partial charge in [0.05, 0.1) is 5.69 Å². The van der Waals surface area contributed by atoms with Gasteiger partial charge in [0.2, 0.25) is 0 Å². The van der Waals surface area contributed by atoms with E-state index in [0.29, 0.717) is 0 Å². The molecular formula is C16H28BrN3. The summed E-state index contributed by atoms with van der Waals surface area (Å²) in [6.07, 6.45) is 1.19. The molecule has 0 aromatic heterocycles. The van der Waals surface area contributed by atoms with Crippen LogP contribution in [-0.2, 0) is 6.54 Å². The van der Waals surface area contributed by atoms with Crippen molar-refractivity contribution in [2.75, 3.05) is 45.2 Å². The van der Waals surface area contributed by atoms with Crippen molar-refractivity contribution in [3.8, 4) is 0 Å². The van der Waals surface area contributed by atoms with Gasteiger partial charge in [-0.25, -0.2) is 0 Å². The summed E-state index contributed by atoms with van der Waals surface area (Å²) in [6, 6.07) is 6.68. The van der Waals surface area contributed by atoms with Gasteiger partial charge in [-0.15, -0.1) is 0 Å². The van der Waals surface area contributed by atoms with Crippen molar-refractivity contribution in [3.05, 3.63) is 28.2 Å². The Bertz CT molecular complexity index is 393. The zero-order chi connectivity index (χ0) is 15.0. The van der Waals surface area contributed by atoms with E-state index in [0.717, 1.165) is 32.7 Å². The van der Waals surface area contributed by atoms with Crippen molar-refractivity contribution < 1.29 is 0 Å². The fourth-order valence-electron chi connectivity index (χ4n) is 2.21. The maximum atomic E-state index is 3.72. The molecule has 114 valence electrons.